The second-order valence-corrected chi connectivity index (χ2v) is 3.36. The van der Waals surface area contributed by atoms with Crippen LogP contribution in [0.3, 0.4) is 0 Å². The Morgan fingerprint density at radius 3 is 2.88 bits per heavy atom. The van der Waals surface area contributed by atoms with Crippen molar-refractivity contribution in [2.24, 2.45) is 0 Å². The predicted octanol–water partition coefficient (Wildman–Crippen LogP) is 1.47. The van der Waals surface area contributed by atoms with E-state index in [1.165, 1.54) is 13.2 Å². The summed E-state index contributed by atoms with van der Waals surface area (Å²) >= 11 is 0. The number of carbonyl (C=O) groups excluding carboxylic acids is 1. The molecule has 5 nitrogen and oxygen atoms in total. The molecular weight excluding hydrogens is 224 g/mol. The molecule has 0 N–H and O–H groups in total. The zero-order valence-electron chi connectivity index (χ0n) is 9.14. The normalized spacial score (nSPS) is 10.2. The molecule has 0 amide bonds. The summed E-state index contributed by atoms with van der Waals surface area (Å²) in [7, 11) is 1.53. The molecule has 0 aliphatic carbocycles. The van der Waals surface area contributed by atoms with Crippen LogP contribution in [0.25, 0.3) is 11.0 Å². The van der Waals surface area contributed by atoms with Crippen LogP contribution in [0.4, 0.5) is 0 Å². The maximum atomic E-state index is 11.3. The Kier molecular flexibility index (Phi) is 3.09. The molecule has 0 bridgehead atoms. The maximum absolute atomic E-state index is 11.3. The van der Waals surface area contributed by atoms with Gasteiger partial charge in [0.2, 0.25) is 0 Å². The second-order valence-electron chi connectivity index (χ2n) is 3.36. The SMILES string of the molecule is COc1ccc2c(COC=O)cc(=O)oc2c1. The Bertz CT molecular complexity index is 599. The van der Waals surface area contributed by atoms with E-state index in [-0.39, 0.29) is 6.61 Å². The smallest absolute Gasteiger partial charge is 0.336 e. The second kappa shape index (κ2) is 4.69. The molecule has 0 aliphatic rings. The van der Waals surface area contributed by atoms with Crippen molar-refractivity contribution in [2.45, 2.75) is 6.61 Å². The van der Waals surface area contributed by atoms with Crippen molar-refractivity contribution < 1.29 is 18.7 Å². The molecule has 0 saturated heterocycles. The third-order valence-electron chi connectivity index (χ3n) is 2.34. The standard InChI is InChI=1S/C12H10O5/c1-15-9-2-3-10-8(6-16-7-13)4-12(14)17-11(10)5-9/h2-5,7H,6H2,1H3. The number of ether oxygens (including phenoxy) is 2. The fourth-order valence-electron chi connectivity index (χ4n) is 1.58. The third kappa shape index (κ3) is 2.28. The number of hydrogen-bond acceptors (Lipinski definition) is 5. The highest BCUT2D eigenvalue weighted by molar-refractivity contribution is 5.81. The van der Waals surface area contributed by atoms with Crippen LogP contribution in [0.15, 0.2) is 33.5 Å². The first kappa shape index (κ1) is 11.2. The van der Waals surface area contributed by atoms with Gasteiger partial charge in [-0.3, -0.25) is 4.79 Å². The van der Waals surface area contributed by atoms with Gasteiger partial charge in [0, 0.05) is 23.1 Å². The lowest BCUT2D eigenvalue weighted by Crippen LogP contribution is -2.02. The van der Waals surface area contributed by atoms with Gasteiger partial charge in [-0.15, -0.1) is 0 Å². The Morgan fingerprint density at radius 2 is 2.18 bits per heavy atom. The summed E-state index contributed by atoms with van der Waals surface area (Å²) in [5.41, 5.74) is 0.516. The minimum Gasteiger partial charge on any atom is -0.497 e. The highest BCUT2D eigenvalue weighted by atomic mass is 16.5. The fourth-order valence-corrected chi connectivity index (χ4v) is 1.58. The summed E-state index contributed by atoms with van der Waals surface area (Å²) < 4.78 is 14.7. The van der Waals surface area contributed by atoms with Crippen molar-refractivity contribution in [1.82, 2.24) is 0 Å². The van der Waals surface area contributed by atoms with Gasteiger partial charge in [-0.05, 0) is 12.1 Å². The van der Waals surface area contributed by atoms with E-state index in [1.54, 1.807) is 18.2 Å². The quantitative estimate of drug-likeness (QED) is 0.592. The van der Waals surface area contributed by atoms with Gasteiger partial charge in [-0.2, -0.15) is 0 Å². The molecule has 2 rings (SSSR count). The lowest BCUT2D eigenvalue weighted by atomic mass is 10.1. The number of rotatable bonds is 4. The average Bonchev–Trinajstić information content (AvgIpc) is 2.34. The van der Waals surface area contributed by atoms with Crippen molar-refractivity contribution in [3.63, 3.8) is 0 Å². The predicted molar refractivity (Wildman–Crippen MR) is 59.9 cm³/mol. The molecule has 1 heterocycles. The number of carbonyl (C=O) groups is 1. The van der Waals surface area contributed by atoms with Crippen LogP contribution in [0.2, 0.25) is 0 Å². The van der Waals surface area contributed by atoms with Gasteiger partial charge < -0.3 is 13.9 Å². The molecule has 2 aromatic rings. The summed E-state index contributed by atoms with van der Waals surface area (Å²) in [5, 5.41) is 0.715. The fraction of sp³-hybridized carbons (Fsp3) is 0.167. The van der Waals surface area contributed by atoms with E-state index in [0.29, 0.717) is 28.8 Å². The zero-order valence-corrected chi connectivity index (χ0v) is 9.14. The Balaban J connectivity index is 2.59. The molecule has 5 heteroatoms. The van der Waals surface area contributed by atoms with E-state index in [0.717, 1.165) is 0 Å². The van der Waals surface area contributed by atoms with Crippen molar-refractivity contribution in [1.29, 1.82) is 0 Å². The van der Waals surface area contributed by atoms with Gasteiger partial charge in [0.15, 0.2) is 0 Å². The van der Waals surface area contributed by atoms with Crippen molar-refractivity contribution in [3.8, 4) is 5.75 Å². The highest BCUT2D eigenvalue weighted by Crippen LogP contribution is 2.22. The summed E-state index contributed by atoms with van der Waals surface area (Å²) in [6.45, 7) is 0.377. The minimum atomic E-state index is -0.491. The number of methoxy groups -OCH3 is 1. The van der Waals surface area contributed by atoms with Crippen molar-refractivity contribution in [3.05, 3.63) is 40.2 Å². The molecule has 0 spiro atoms. The van der Waals surface area contributed by atoms with Gasteiger partial charge in [-0.25, -0.2) is 4.79 Å². The monoisotopic (exact) mass is 234 g/mol. The molecule has 0 radical (unpaired) electrons. The molecule has 0 aliphatic heterocycles. The van der Waals surface area contributed by atoms with Crippen molar-refractivity contribution in [2.75, 3.05) is 7.11 Å². The maximum Gasteiger partial charge on any atom is 0.336 e. The number of fused-ring (bicyclic) bond motifs is 1. The van der Waals surface area contributed by atoms with E-state index in [2.05, 4.69) is 4.74 Å². The Hall–Kier alpha value is -2.30. The Labute approximate surface area is 96.6 Å². The van der Waals surface area contributed by atoms with E-state index in [9.17, 15) is 9.59 Å². The summed E-state index contributed by atoms with van der Waals surface area (Å²) in [4.78, 5) is 21.5. The first-order chi connectivity index (χ1) is 8.24. The van der Waals surface area contributed by atoms with E-state index >= 15 is 0 Å². The number of hydrogen-bond donors (Lipinski definition) is 0. The van der Waals surface area contributed by atoms with Crippen LogP contribution in [0, 0.1) is 0 Å². The summed E-state index contributed by atoms with van der Waals surface area (Å²) in [5.74, 6) is 0.592. The van der Waals surface area contributed by atoms with Gasteiger partial charge in [0.05, 0.1) is 7.11 Å². The lowest BCUT2D eigenvalue weighted by molar-refractivity contribution is -0.129. The number of benzene rings is 1. The summed E-state index contributed by atoms with van der Waals surface area (Å²) in [6.07, 6.45) is 0. The van der Waals surface area contributed by atoms with Crippen LogP contribution in [0.5, 0.6) is 5.75 Å². The van der Waals surface area contributed by atoms with Crippen LogP contribution in [0.1, 0.15) is 5.56 Å². The Morgan fingerprint density at radius 1 is 1.35 bits per heavy atom. The van der Waals surface area contributed by atoms with E-state index < -0.39 is 5.63 Å². The van der Waals surface area contributed by atoms with Gasteiger partial charge in [0.25, 0.3) is 6.47 Å². The molecule has 88 valence electrons. The van der Waals surface area contributed by atoms with Gasteiger partial charge in [0.1, 0.15) is 17.9 Å². The van der Waals surface area contributed by atoms with Crippen LogP contribution < -0.4 is 10.4 Å². The molecule has 0 saturated carbocycles. The van der Waals surface area contributed by atoms with Crippen LogP contribution >= 0.6 is 0 Å². The van der Waals surface area contributed by atoms with E-state index in [4.69, 9.17) is 9.15 Å². The molecule has 0 unspecified atom stereocenters. The van der Waals surface area contributed by atoms with E-state index in [1.807, 2.05) is 0 Å². The molecule has 0 fully saturated rings. The third-order valence-corrected chi connectivity index (χ3v) is 2.34. The molecule has 1 aromatic carbocycles. The largest absolute Gasteiger partial charge is 0.497 e. The molecule has 0 atom stereocenters. The highest BCUT2D eigenvalue weighted by Gasteiger charge is 2.07. The first-order valence-electron chi connectivity index (χ1n) is 4.90. The van der Waals surface area contributed by atoms with Crippen LogP contribution in [-0.2, 0) is 16.1 Å². The molecular formula is C12H10O5. The van der Waals surface area contributed by atoms with Crippen molar-refractivity contribution >= 4 is 17.4 Å². The lowest BCUT2D eigenvalue weighted by Gasteiger charge is -2.05. The topological polar surface area (TPSA) is 65.7 Å². The molecule has 1 aromatic heterocycles. The van der Waals surface area contributed by atoms with Crippen LogP contribution in [-0.4, -0.2) is 13.6 Å². The average molecular weight is 234 g/mol. The minimum absolute atomic E-state index is 0.0396. The van der Waals surface area contributed by atoms with Gasteiger partial charge in [-0.1, -0.05) is 0 Å². The summed E-state index contributed by atoms with van der Waals surface area (Å²) in [6, 6.07) is 6.41. The first-order valence-corrected chi connectivity index (χ1v) is 4.90. The van der Waals surface area contributed by atoms with Gasteiger partial charge >= 0.3 is 5.63 Å². The zero-order chi connectivity index (χ0) is 12.3. The molecule has 17 heavy (non-hydrogen) atoms.